The number of unbranched alkanes of at least 4 members (excludes halogenated alkanes) is 1. The van der Waals surface area contributed by atoms with E-state index in [9.17, 15) is 0 Å². The Hall–Kier alpha value is -0.120. The van der Waals surface area contributed by atoms with Crippen molar-refractivity contribution in [2.24, 2.45) is 5.73 Å². The van der Waals surface area contributed by atoms with Crippen LogP contribution in [0.15, 0.2) is 0 Å². The summed E-state index contributed by atoms with van der Waals surface area (Å²) in [5.74, 6) is 0. The highest BCUT2D eigenvalue weighted by molar-refractivity contribution is 4.70. The lowest BCUT2D eigenvalue weighted by molar-refractivity contribution is 0.257. The van der Waals surface area contributed by atoms with Crippen LogP contribution >= 0.6 is 0 Å². The molecule has 0 bridgehead atoms. The molecule has 0 aromatic heterocycles. The van der Waals surface area contributed by atoms with Crippen LogP contribution in [0.5, 0.6) is 0 Å². The van der Waals surface area contributed by atoms with Gasteiger partial charge >= 0.3 is 0 Å². The minimum Gasteiger partial charge on any atom is -0.395 e. The van der Waals surface area contributed by atoms with Crippen molar-refractivity contribution in [3.05, 3.63) is 0 Å². The van der Waals surface area contributed by atoms with E-state index in [1.165, 1.54) is 0 Å². The van der Waals surface area contributed by atoms with E-state index < -0.39 is 0 Å². The number of aliphatic hydroxyl groups excluding tert-OH is 1. The summed E-state index contributed by atoms with van der Waals surface area (Å²) in [5.41, 5.74) is 5.78. The molecule has 0 aliphatic heterocycles. The van der Waals surface area contributed by atoms with Crippen LogP contribution in [-0.4, -0.2) is 29.8 Å². The maximum Gasteiger partial charge on any atom is 0.0582 e. The zero-order chi connectivity index (χ0) is 10.3. The third-order valence-corrected chi connectivity index (χ3v) is 1.89. The van der Waals surface area contributed by atoms with E-state index in [2.05, 4.69) is 26.1 Å². The fourth-order valence-electron chi connectivity index (χ4n) is 1.09. The molecule has 0 saturated heterocycles. The van der Waals surface area contributed by atoms with Crippen LogP contribution in [0.1, 0.15) is 40.0 Å². The summed E-state index contributed by atoms with van der Waals surface area (Å²) in [4.78, 5) is 0. The molecule has 0 heterocycles. The second-order valence-electron chi connectivity index (χ2n) is 4.62. The van der Waals surface area contributed by atoms with Crippen LogP contribution in [-0.2, 0) is 0 Å². The average molecular weight is 188 g/mol. The number of aliphatic hydroxyl groups is 1. The molecule has 1 atom stereocenters. The first-order chi connectivity index (χ1) is 5.95. The summed E-state index contributed by atoms with van der Waals surface area (Å²) < 4.78 is 0. The number of rotatable bonds is 6. The van der Waals surface area contributed by atoms with E-state index in [1.807, 2.05) is 0 Å². The van der Waals surface area contributed by atoms with Gasteiger partial charge in [0.15, 0.2) is 0 Å². The molecule has 0 aliphatic rings. The van der Waals surface area contributed by atoms with Gasteiger partial charge in [0.2, 0.25) is 0 Å². The van der Waals surface area contributed by atoms with Crippen molar-refractivity contribution in [1.29, 1.82) is 0 Å². The molecule has 0 spiro atoms. The highest BCUT2D eigenvalue weighted by atomic mass is 16.3. The van der Waals surface area contributed by atoms with E-state index in [-0.39, 0.29) is 18.2 Å². The van der Waals surface area contributed by atoms with Gasteiger partial charge in [0, 0.05) is 11.6 Å². The standard InChI is InChI=1S/C10H24N2O/c1-10(2,3)12-7-5-4-6-9(11)8-13/h9,12-13H,4-8,11H2,1-3H3/t9-/m0/s1. The van der Waals surface area contributed by atoms with Crippen molar-refractivity contribution in [2.45, 2.75) is 51.6 Å². The smallest absolute Gasteiger partial charge is 0.0582 e. The fraction of sp³-hybridized carbons (Fsp3) is 1.00. The lowest BCUT2D eigenvalue weighted by atomic mass is 10.1. The molecular formula is C10H24N2O. The minimum absolute atomic E-state index is 0.0327. The summed E-state index contributed by atoms with van der Waals surface area (Å²) in [6, 6.07) is -0.0327. The largest absolute Gasteiger partial charge is 0.395 e. The van der Waals surface area contributed by atoms with E-state index in [1.54, 1.807) is 0 Å². The number of nitrogens with one attached hydrogen (secondary N) is 1. The van der Waals surface area contributed by atoms with Crippen LogP contribution in [0.25, 0.3) is 0 Å². The zero-order valence-corrected chi connectivity index (χ0v) is 9.14. The summed E-state index contributed by atoms with van der Waals surface area (Å²) in [7, 11) is 0. The quantitative estimate of drug-likeness (QED) is 0.542. The topological polar surface area (TPSA) is 58.3 Å². The summed E-state index contributed by atoms with van der Waals surface area (Å²) in [5, 5.41) is 12.1. The molecule has 0 aromatic carbocycles. The van der Waals surface area contributed by atoms with Gasteiger partial charge in [0.1, 0.15) is 0 Å². The highest BCUT2D eigenvalue weighted by Crippen LogP contribution is 2.01. The Morgan fingerprint density at radius 3 is 2.38 bits per heavy atom. The van der Waals surface area contributed by atoms with Crippen molar-refractivity contribution < 1.29 is 5.11 Å². The molecule has 3 heteroatoms. The predicted molar refractivity (Wildman–Crippen MR) is 56.7 cm³/mol. The van der Waals surface area contributed by atoms with Gasteiger partial charge in [-0.05, 0) is 40.2 Å². The summed E-state index contributed by atoms with van der Waals surface area (Å²) in [6.45, 7) is 7.61. The normalized spacial score (nSPS) is 14.5. The molecule has 0 rings (SSSR count). The van der Waals surface area contributed by atoms with E-state index >= 15 is 0 Å². The predicted octanol–water partition coefficient (Wildman–Crippen LogP) is 0.864. The molecule has 0 aromatic rings. The Bertz CT molecular complexity index is 121. The van der Waals surface area contributed by atoms with E-state index in [0.29, 0.717) is 0 Å². The van der Waals surface area contributed by atoms with Crippen LogP contribution < -0.4 is 11.1 Å². The Morgan fingerprint density at radius 1 is 1.31 bits per heavy atom. The van der Waals surface area contributed by atoms with Crippen molar-refractivity contribution in [2.75, 3.05) is 13.2 Å². The van der Waals surface area contributed by atoms with Gasteiger partial charge in [-0.1, -0.05) is 6.42 Å². The maximum atomic E-state index is 8.68. The monoisotopic (exact) mass is 188 g/mol. The van der Waals surface area contributed by atoms with Crippen LogP contribution in [0.3, 0.4) is 0 Å². The Balaban J connectivity index is 3.18. The lowest BCUT2D eigenvalue weighted by Crippen LogP contribution is -2.36. The van der Waals surface area contributed by atoms with Gasteiger partial charge in [-0.15, -0.1) is 0 Å². The highest BCUT2D eigenvalue weighted by Gasteiger charge is 2.07. The van der Waals surface area contributed by atoms with E-state index in [0.717, 1.165) is 25.8 Å². The van der Waals surface area contributed by atoms with Gasteiger partial charge in [0.05, 0.1) is 6.61 Å². The minimum atomic E-state index is -0.0327. The molecule has 4 N–H and O–H groups in total. The van der Waals surface area contributed by atoms with Crippen molar-refractivity contribution in [3.8, 4) is 0 Å². The van der Waals surface area contributed by atoms with Crippen LogP contribution in [0.2, 0.25) is 0 Å². The van der Waals surface area contributed by atoms with E-state index in [4.69, 9.17) is 10.8 Å². The van der Waals surface area contributed by atoms with Crippen molar-refractivity contribution in [1.82, 2.24) is 5.32 Å². The molecule has 0 fully saturated rings. The third-order valence-electron chi connectivity index (χ3n) is 1.89. The lowest BCUT2D eigenvalue weighted by Gasteiger charge is -2.20. The molecule has 0 saturated carbocycles. The zero-order valence-electron chi connectivity index (χ0n) is 9.14. The number of nitrogens with two attached hydrogens (primary N) is 1. The molecule has 80 valence electrons. The first-order valence-electron chi connectivity index (χ1n) is 5.07. The molecule has 0 amide bonds. The van der Waals surface area contributed by atoms with Gasteiger partial charge in [-0.3, -0.25) is 0 Å². The molecule has 0 aliphatic carbocycles. The Morgan fingerprint density at radius 2 is 1.92 bits per heavy atom. The second kappa shape index (κ2) is 6.35. The Labute approximate surface area is 81.7 Å². The van der Waals surface area contributed by atoms with Gasteiger partial charge < -0.3 is 16.2 Å². The first kappa shape index (κ1) is 12.9. The maximum absolute atomic E-state index is 8.68. The van der Waals surface area contributed by atoms with Crippen LogP contribution in [0.4, 0.5) is 0 Å². The fourth-order valence-corrected chi connectivity index (χ4v) is 1.09. The molecular weight excluding hydrogens is 164 g/mol. The second-order valence-corrected chi connectivity index (χ2v) is 4.62. The van der Waals surface area contributed by atoms with Gasteiger partial charge in [-0.2, -0.15) is 0 Å². The molecule has 0 unspecified atom stereocenters. The average Bonchev–Trinajstić information content (AvgIpc) is 2.01. The SMILES string of the molecule is CC(C)(C)NCCCC[C@H](N)CO. The van der Waals surface area contributed by atoms with Gasteiger partial charge in [0.25, 0.3) is 0 Å². The van der Waals surface area contributed by atoms with Crippen molar-refractivity contribution in [3.63, 3.8) is 0 Å². The van der Waals surface area contributed by atoms with Crippen molar-refractivity contribution >= 4 is 0 Å². The first-order valence-corrected chi connectivity index (χ1v) is 5.07. The summed E-state index contributed by atoms with van der Waals surface area (Å²) in [6.07, 6.45) is 3.14. The number of hydrogen-bond donors (Lipinski definition) is 3. The third kappa shape index (κ3) is 9.80. The van der Waals surface area contributed by atoms with Gasteiger partial charge in [-0.25, -0.2) is 0 Å². The molecule has 3 nitrogen and oxygen atoms in total. The molecule has 0 radical (unpaired) electrons. The summed E-state index contributed by atoms with van der Waals surface area (Å²) >= 11 is 0. The number of hydrogen-bond acceptors (Lipinski definition) is 3. The molecule has 13 heavy (non-hydrogen) atoms. The Kier molecular flexibility index (Phi) is 6.29. The van der Waals surface area contributed by atoms with Crippen LogP contribution in [0, 0.1) is 0 Å².